The van der Waals surface area contributed by atoms with Crippen LogP contribution in [0, 0.1) is 5.92 Å². The predicted octanol–water partition coefficient (Wildman–Crippen LogP) is 7.15. The van der Waals surface area contributed by atoms with E-state index >= 15 is 4.79 Å². The highest BCUT2D eigenvalue weighted by Crippen LogP contribution is 2.60. The first kappa shape index (κ1) is 39.4. The average molecular weight is 815 g/mol. The summed E-state index contributed by atoms with van der Waals surface area (Å²) in [5.74, 6) is 0.0451. The molecule has 2 N–H and O–H groups in total. The number of anilines is 1. The minimum atomic E-state index is -2.55. The number of nitrogens with one attached hydrogen (secondary N) is 1. The van der Waals surface area contributed by atoms with Crippen LogP contribution < -0.4 is 20.4 Å². The lowest BCUT2D eigenvalue weighted by molar-refractivity contribution is -0.150. The van der Waals surface area contributed by atoms with Crippen LogP contribution in [-0.4, -0.2) is 66.0 Å². The van der Waals surface area contributed by atoms with E-state index in [1.54, 1.807) is 29.0 Å². The highest BCUT2D eigenvalue weighted by atomic mass is 35.5. The van der Waals surface area contributed by atoms with Crippen LogP contribution in [0.15, 0.2) is 126 Å². The van der Waals surface area contributed by atoms with E-state index in [0.29, 0.717) is 33.9 Å². The van der Waals surface area contributed by atoms with Gasteiger partial charge in [-0.25, -0.2) is 4.68 Å². The van der Waals surface area contributed by atoms with Crippen molar-refractivity contribution in [3.8, 4) is 11.4 Å². The summed E-state index contributed by atoms with van der Waals surface area (Å²) in [6.07, 6.45) is -0.582. The molecule has 2 aliphatic rings. The summed E-state index contributed by atoms with van der Waals surface area (Å²) >= 11 is 6.73. The number of hydrogen-bond donors (Lipinski definition) is 2. The van der Waals surface area contributed by atoms with Crippen LogP contribution >= 0.6 is 11.6 Å². The second kappa shape index (κ2) is 15.7. The molecule has 1 fully saturated rings. The fourth-order valence-electron chi connectivity index (χ4n) is 9.33. The normalized spacial score (nSPS) is 20.2. The smallest absolute Gasteiger partial charge is 0.279 e. The van der Waals surface area contributed by atoms with Gasteiger partial charge in [0.2, 0.25) is 5.91 Å². The molecule has 2 aliphatic heterocycles. The molecule has 1 saturated heterocycles. The van der Waals surface area contributed by atoms with Gasteiger partial charge in [-0.1, -0.05) is 104 Å². The number of aliphatic hydroxyl groups excluding tert-OH is 1. The molecule has 0 unspecified atom stereocenters. The summed E-state index contributed by atoms with van der Waals surface area (Å²) < 4.78 is 14.2. The van der Waals surface area contributed by atoms with Crippen molar-refractivity contribution in [1.29, 1.82) is 0 Å². The molecule has 0 saturated carbocycles. The van der Waals surface area contributed by atoms with Gasteiger partial charge in [-0.3, -0.25) is 19.5 Å². The first-order chi connectivity index (χ1) is 28.0. The van der Waals surface area contributed by atoms with Crippen LogP contribution in [0.3, 0.4) is 0 Å². The third kappa shape index (κ3) is 6.85. The Labute approximate surface area is 343 Å². The van der Waals surface area contributed by atoms with Gasteiger partial charge in [0.1, 0.15) is 5.75 Å². The first-order valence-electron chi connectivity index (χ1n) is 19.6. The standard InChI is InChI=1S/C46H47ClN4O6Si/c1-30-43(58(3,4)36-21-19-35(56-2)20-22-36)41(27-42(53)49(24-25-52)28-31-10-6-5-7-11-31)57-46(30)38-26-33(47)16-23-40(38)50(45(46)55)29-32-14-17-34(18-15-32)51-44(54)37-12-8-9-13-39(37)48-51/h5-23,26,30,41,43,48,52H,24-25,27-29H2,1-4H3/t30-,41+,43-,46+/m1/s1. The fraction of sp³-hybridized carbons (Fsp3) is 0.283. The number of halogens is 1. The Morgan fingerprint density at radius 3 is 2.33 bits per heavy atom. The lowest BCUT2D eigenvalue weighted by atomic mass is 9.82. The zero-order valence-electron chi connectivity index (χ0n) is 33.0. The number of nitrogens with zero attached hydrogens (tertiary/aromatic N) is 3. The van der Waals surface area contributed by atoms with Crippen LogP contribution in [-0.2, 0) is 33.0 Å². The molecule has 8 rings (SSSR count). The highest BCUT2D eigenvalue weighted by molar-refractivity contribution is 6.91. The van der Waals surface area contributed by atoms with Gasteiger partial charge in [-0.2, -0.15) is 0 Å². The van der Waals surface area contributed by atoms with Crippen molar-refractivity contribution in [2.45, 2.75) is 56.8 Å². The summed E-state index contributed by atoms with van der Waals surface area (Å²) in [6, 6.07) is 38.3. The van der Waals surface area contributed by atoms with E-state index in [4.69, 9.17) is 21.1 Å². The van der Waals surface area contributed by atoms with Gasteiger partial charge in [-0.05, 0) is 71.3 Å². The zero-order valence-corrected chi connectivity index (χ0v) is 34.8. The molecule has 6 aromatic rings. The minimum Gasteiger partial charge on any atom is -0.497 e. The Morgan fingerprint density at radius 2 is 1.64 bits per heavy atom. The number of hydrogen-bond acceptors (Lipinski definition) is 6. The van der Waals surface area contributed by atoms with Crippen LogP contribution in [0.2, 0.25) is 23.7 Å². The molecule has 0 bridgehead atoms. The molecule has 5 aromatic carbocycles. The van der Waals surface area contributed by atoms with E-state index in [0.717, 1.165) is 27.6 Å². The van der Waals surface area contributed by atoms with Gasteiger partial charge in [0.15, 0.2) is 5.60 Å². The number of para-hydroxylation sites is 1. The van der Waals surface area contributed by atoms with Gasteiger partial charge in [0.05, 0.1) is 63.1 Å². The van der Waals surface area contributed by atoms with Crippen LogP contribution in [0.25, 0.3) is 16.6 Å². The number of H-pyrrole nitrogens is 1. The lowest BCUT2D eigenvalue weighted by Gasteiger charge is -2.37. The number of aromatic amines is 1. The molecule has 1 aromatic heterocycles. The lowest BCUT2D eigenvalue weighted by Crippen LogP contribution is -2.52. The average Bonchev–Trinajstić information content (AvgIpc) is 3.81. The third-order valence-corrected chi connectivity index (χ3v) is 16.8. The fourth-order valence-corrected chi connectivity index (χ4v) is 13.5. The number of amides is 2. The number of carbonyl (C=O) groups is 2. The van der Waals surface area contributed by atoms with Crippen molar-refractivity contribution >= 4 is 53.3 Å². The maximum atomic E-state index is 15.3. The molecule has 10 nitrogen and oxygen atoms in total. The number of fused-ring (bicyclic) bond motifs is 3. The summed E-state index contributed by atoms with van der Waals surface area (Å²) in [6.45, 7) is 7.23. The van der Waals surface area contributed by atoms with Crippen molar-refractivity contribution < 1.29 is 24.2 Å². The van der Waals surface area contributed by atoms with E-state index in [1.165, 1.54) is 4.68 Å². The number of aliphatic hydroxyl groups is 1. The Hall–Kier alpha value is -5.46. The van der Waals surface area contributed by atoms with Gasteiger partial charge in [-0.15, -0.1) is 0 Å². The van der Waals surface area contributed by atoms with Gasteiger partial charge in [0, 0.05) is 29.6 Å². The quantitative estimate of drug-likeness (QED) is 0.127. The Balaban J connectivity index is 1.16. The Kier molecular flexibility index (Phi) is 10.7. The van der Waals surface area contributed by atoms with E-state index in [1.807, 2.05) is 97.1 Å². The third-order valence-electron chi connectivity index (χ3n) is 12.2. The van der Waals surface area contributed by atoms with Crippen LogP contribution in [0.4, 0.5) is 5.69 Å². The number of rotatable bonds is 12. The maximum Gasteiger partial charge on any atom is 0.279 e. The number of carbonyl (C=O) groups excluding carboxylic acids is 2. The molecule has 3 heterocycles. The van der Waals surface area contributed by atoms with Crippen molar-refractivity contribution in [2.75, 3.05) is 25.2 Å². The SMILES string of the molecule is COc1ccc([Si](C)(C)[C@H]2[C@H](CC(=O)N(CCO)Cc3ccccc3)O[C@@]3(C(=O)N(Cc4ccc(-n5[nH]c6ccccc6c5=O)cc4)c4ccc(Cl)cc43)[C@@H]2C)cc1. The molecule has 58 heavy (non-hydrogen) atoms. The minimum absolute atomic E-state index is 0.0357. The predicted molar refractivity (Wildman–Crippen MR) is 230 cm³/mol. The van der Waals surface area contributed by atoms with Crippen molar-refractivity contribution in [3.05, 3.63) is 153 Å². The van der Waals surface area contributed by atoms with Crippen molar-refractivity contribution in [2.24, 2.45) is 5.92 Å². The van der Waals surface area contributed by atoms with Gasteiger partial charge in [0.25, 0.3) is 11.5 Å². The molecule has 4 atom stereocenters. The second-order valence-electron chi connectivity index (χ2n) is 15.9. The largest absolute Gasteiger partial charge is 0.497 e. The summed E-state index contributed by atoms with van der Waals surface area (Å²) in [4.78, 5) is 46.3. The van der Waals surface area contributed by atoms with Crippen LogP contribution in [0.1, 0.15) is 30.0 Å². The van der Waals surface area contributed by atoms with E-state index in [-0.39, 0.29) is 54.9 Å². The Morgan fingerprint density at radius 1 is 0.931 bits per heavy atom. The molecule has 0 aliphatic carbocycles. The van der Waals surface area contributed by atoms with E-state index < -0.39 is 19.8 Å². The monoisotopic (exact) mass is 814 g/mol. The summed E-state index contributed by atoms with van der Waals surface area (Å²) in [5, 5.41) is 15.5. The number of methoxy groups -OCH3 is 1. The molecule has 12 heteroatoms. The zero-order chi connectivity index (χ0) is 40.8. The van der Waals surface area contributed by atoms with E-state index in [9.17, 15) is 14.7 Å². The van der Waals surface area contributed by atoms with E-state index in [2.05, 4.69) is 37.2 Å². The summed E-state index contributed by atoms with van der Waals surface area (Å²) in [7, 11) is -0.906. The van der Waals surface area contributed by atoms with Gasteiger partial charge < -0.3 is 24.4 Å². The topological polar surface area (TPSA) is 117 Å². The highest BCUT2D eigenvalue weighted by Gasteiger charge is 2.66. The van der Waals surface area contributed by atoms with Gasteiger partial charge >= 0.3 is 0 Å². The molecule has 0 radical (unpaired) electrons. The molecular weight excluding hydrogens is 768 g/mol. The Bertz CT molecular complexity index is 2520. The van der Waals surface area contributed by atoms with Crippen LogP contribution in [0.5, 0.6) is 5.75 Å². The maximum absolute atomic E-state index is 15.3. The molecular formula is C46H47ClN4O6Si. The van der Waals surface area contributed by atoms with Crippen molar-refractivity contribution in [3.63, 3.8) is 0 Å². The second-order valence-corrected chi connectivity index (χ2v) is 21.0. The number of ether oxygens (including phenoxy) is 2. The number of aromatic nitrogens is 2. The molecule has 1 spiro atoms. The molecule has 2 amide bonds. The molecule has 298 valence electrons. The van der Waals surface area contributed by atoms with Crippen molar-refractivity contribution in [1.82, 2.24) is 14.7 Å². The number of benzene rings is 5. The first-order valence-corrected chi connectivity index (χ1v) is 23.1. The summed E-state index contributed by atoms with van der Waals surface area (Å²) in [5.41, 5.74) is 2.91.